The Bertz CT molecular complexity index is 775. The lowest BCUT2D eigenvalue weighted by atomic mass is 10.1. The van der Waals surface area contributed by atoms with Gasteiger partial charge < -0.3 is 9.47 Å². The zero-order valence-electron chi connectivity index (χ0n) is 14.3. The number of rotatable bonds is 4. The average Bonchev–Trinajstić information content (AvgIpc) is 3.14. The Balaban J connectivity index is 1.75. The van der Waals surface area contributed by atoms with Crippen molar-refractivity contribution in [3.8, 4) is 0 Å². The lowest BCUT2D eigenvalue weighted by molar-refractivity contribution is -0.135. The van der Waals surface area contributed by atoms with Crippen LogP contribution in [-0.4, -0.2) is 65.8 Å². The molecule has 130 valence electrons. The monoisotopic (exact) mass is 333 g/mol. The van der Waals surface area contributed by atoms with E-state index in [-0.39, 0.29) is 24.2 Å². The minimum atomic E-state index is -0.281. The lowest BCUT2D eigenvalue weighted by Gasteiger charge is -2.40. The number of aromatic nitrogens is 5. The van der Waals surface area contributed by atoms with Crippen molar-refractivity contribution in [3.05, 3.63) is 35.0 Å². The van der Waals surface area contributed by atoms with Crippen LogP contribution >= 0.6 is 0 Å². The van der Waals surface area contributed by atoms with Gasteiger partial charge in [-0.15, -0.1) is 0 Å². The Morgan fingerprint density at radius 2 is 2.08 bits per heavy atom. The zero-order chi connectivity index (χ0) is 17.3. The highest BCUT2D eigenvalue weighted by atomic mass is 16.2. The minimum Gasteiger partial charge on any atom is -0.338 e. The second-order valence-electron chi connectivity index (χ2n) is 6.06. The molecule has 2 aromatic rings. The van der Waals surface area contributed by atoms with E-state index >= 15 is 0 Å². The summed E-state index contributed by atoms with van der Waals surface area (Å²) in [6.45, 7) is 4.99. The van der Waals surface area contributed by atoms with Crippen LogP contribution in [0.25, 0.3) is 0 Å². The molecule has 1 saturated heterocycles. The van der Waals surface area contributed by atoms with Gasteiger partial charge in [0.25, 0.3) is 0 Å². The molecule has 0 spiro atoms. The molecule has 1 fully saturated rings. The molecule has 3 heterocycles. The Labute approximate surface area is 140 Å². The highest BCUT2D eigenvalue weighted by Crippen LogP contribution is 2.23. The summed E-state index contributed by atoms with van der Waals surface area (Å²) in [4.78, 5) is 33.0. The molecule has 2 aromatic heterocycles. The number of hydrogen-bond acceptors (Lipinski definition) is 5. The maximum Gasteiger partial charge on any atom is 0.345 e. The summed E-state index contributed by atoms with van der Waals surface area (Å²) < 4.78 is 4.55. The molecule has 3 rings (SSSR count). The van der Waals surface area contributed by atoms with Crippen LogP contribution in [0.3, 0.4) is 0 Å². The number of aryl methyl sites for hydroxylation is 2. The molecule has 0 bridgehead atoms. The van der Waals surface area contributed by atoms with E-state index in [0.717, 1.165) is 18.9 Å². The predicted molar refractivity (Wildman–Crippen MR) is 87.2 cm³/mol. The molecule has 9 heteroatoms. The van der Waals surface area contributed by atoms with Crippen molar-refractivity contribution in [2.45, 2.75) is 19.5 Å². The van der Waals surface area contributed by atoms with Crippen LogP contribution in [0, 0.1) is 0 Å². The first-order chi connectivity index (χ1) is 11.5. The highest BCUT2D eigenvalue weighted by Gasteiger charge is 2.32. The number of carbonyl (C=O) groups excluding carboxylic acids is 1. The summed E-state index contributed by atoms with van der Waals surface area (Å²) in [5.41, 5.74) is -0.281. The molecule has 0 aromatic carbocycles. The molecule has 0 unspecified atom stereocenters. The van der Waals surface area contributed by atoms with Gasteiger partial charge in [-0.25, -0.2) is 14.5 Å². The second-order valence-corrected chi connectivity index (χ2v) is 6.06. The van der Waals surface area contributed by atoms with E-state index in [2.05, 4.69) is 21.9 Å². The lowest BCUT2D eigenvalue weighted by Crippen LogP contribution is -2.52. The molecule has 0 N–H and O–H groups in total. The number of hydrogen-bond donors (Lipinski definition) is 0. The summed E-state index contributed by atoms with van der Waals surface area (Å²) in [6, 6.07) is 0.0631. The van der Waals surface area contributed by atoms with E-state index in [0.29, 0.717) is 13.1 Å². The summed E-state index contributed by atoms with van der Waals surface area (Å²) in [6.07, 6.45) is 5.11. The van der Waals surface area contributed by atoms with Crippen molar-refractivity contribution in [3.63, 3.8) is 0 Å². The van der Waals surface area contributed by atoms with E-state index in [1.54, 1.807) is 18.1 Å². The standard InChI is InChI=1S/C15H23N7O2/c1-4-20-7-8-21(9-12(20)14-16-5-6-18(14)2)13(23)10-22-15(24)19(3)11-17-22/h5-6,11-12H,4,7-10H2,1-3H3/t12-/m0/s1. The smallest absolute Gasteiger partial charge is 0.338 e. The van der Waals surface area contributed by atoms with E-state index in [9.17, 15) is 9.59 Å². The van der Waals surface area contributed by atoms with Crippen LogP contribution in [0.2, 0.25) is 0 Å². The maximum atomic E-state index is 12.6. The SMILES string of the molecule is CCN1CCN(C(=O)Cn2ncn(C)c2=O)C[C@H]1c1nccn1C. The van der Waals surface area contributed by atoms with Crippen molar-refractivity contribution in [2.24, 2.45) is 14.1 Å². The molecule has 1 aliphatic heterocycles. The molecule has 0 aliphatic carbocycles. The van der Waals surface area contributed by atoms with E-state index in [1.807, 2.05) is 17.8 Å². The van der Waals surface area contributed by atoms with Gasteiger partial charge in [-0.05, 0) is 6.54 Å². The first-order valence-corrected chi connectivity index (χ1v) is 8.08. The van der Waals surface area contributed by atoms with Gasteiger partial charge in [-0.2, -0.15) is 5.10 Å². The van der Waals surface area contributed by atoms with Crippen molar-refractivity contribution < 1.29 is 4.79 Å². The molecule has 1 atom stereocenters. The Morgan fingerprint density at radius 3 is 2.67 bits per heavy atom. The molecule has 0 saturated carbocycles. The van der Waals surface area contributed by atoms with Crippen molar-refractivity contribution >= 4 is 5.91 Å². The van der Waals surface area contributed by atoms with Gasteiger partial charge in [0.15, 0.2) is 0 Å². The van der Waals surface area contributed by atoms with E-state index in [4.69, 9.17) is 0 Å². The van der Waals surface area contributed by atoms with Crippen molar-refractivity contribution in [1.29, 1.82) is 0 Å². The summed E-state index contributed by atoms with van der Waals surface area (Å²) in [5.74, 6) is 0.857. The summed E-state index contributed by atoms with van der Waals surface area (Å²) in [5, 5.41) is 3.96. The van der Waals surface area contributed by atoms with Crippen LogP contribution in [0.5, 0.6) is 0 Å². The zero-order valence-corrected chi connectivity index (χ0v) is 14.3. The normalized spacial score (nSPS) is 19.0. The fraction of sp³-hybridized carbons (Fsp3) is 0.600. The number of imidazole rings is 1. The largest absolute Gasteiger partial charge is 0.345 e. The average molecular weight is 333 g/mol. The molecular weight excluding hydrogens is 310 g/mol. The Hall–Kier alpha value is -2.42. The first-order valence-electron chi connectivity index (χ1n) is 8.08. The van der Waals surface area contributed by atoms with Gasteiger partial charge in [0, 0.05) is 46.1 Å². The predicted octanol–water partition coefficient (Wildman–Crippen LogP) is -0.779. The Morgan fingerprint density at radius 1 is 1.29 bits per heavy atom. The summed E-state index contributed by atoms with van der Waals surface area (Å²) in [7, 11) is 3.58. The van der Waals surface area contributed by atoms with Crippen molar-refractivity contribution in [1.82, 2.24) is 33.7 Å². The van der Waals surface area contributed by atoms with Gasteiger partial charge in [0.05, 0.1) is 6.04 Å². The number of amides is 1. The molecule has 1 aliphatic rings. The van der Waals surface area contributed by atoms with Gasteiger partial charge in [-0.3, -0.25) is 14.3 Å². The third kappa shape index (κ3) is 2.99. The number of likely N-dealkylation sites (N-methyl/N-ethyl adjacent to an activating group) is 1. The third-order valence-corrected chi connectivity index (χ3v) is 4.58. The highest BCUT2D eigenvalue weighted by molar-refractivity contribution is 5.76. The molecule has 1 amide bonds. The van der Waals surface area contributed by atoms with Gasteiger partial charge >= 0.3 is 5.69 Å². The van der Waals surface area contributed by atoms with Crippen LogP contribution in [0.15, 0.2) is 23.5 Å². The molecule has 0 radical (unpaired) electrons. The molecule has 9 nitrogen and oxygen atoms in total. The van der Waals surface area contributed by atoms with Crippen LogP contribution in [-0.2, 0) is 25.4 Å². The Kier molecular flexibility index (Phi) is 4.52. The summed E-state index contributed by atoms with van der Waals surface area (Å²) >= 11 is 0. The fourth-order valence-corrected chi connectivity index (χ4v) is 3.13. The molecule has 24 heavy (non-hydrogen) atoms. The van der Waals surface area contributed by atoms with Crippen LogP contribution in [0.4, 0.5) is 0 Å². The molecular formula is C15H23N7O2. The van der Waals surface area contributed by atoms with Gasteiger partial charge in [0.1, 0.15) is 18.7 Å². The quantitative estimate of drug-likeness (QED) is 0.733. The third-order valence-electron chi connectivity index (χ3n) is 4.58. The van der Waals surface area contributed by atoms with Crippen LogP contribution < -0.4 is 5.69 Å². The van der Waals surface area contributed by atoms with Crippen molar-refractivity contribution in [2.75, 3.05) is 26.2 Å². The van der Waals surface area contributed by atoms with Gasteiger partial charge in [0.2, 0.25) is 5.91 Å². The fourth-order valence-electron chi connectivity index (χ4n) is 3.13. The van der Waals surface area contributed by atoms with Crippen LogP contribution in [0.1, 0.15) is 18.8 Å². The van der Waals surface area contributed by atoms with E-state index < -0.39 is 0 Å². The number of piperazine rings is 1. The van der Waals surface area contributed by atoms with Gasteiger partial charge in [-0.1, -0.05) is 6.92 Å². The maximum absolute atomic E-state index is 12.6. The number of nitrogens with zero attached hydrogens (tertiary/aromatic N) is 7. The second kappa shape index (κ2) is 6.60. The topological polar surface area (TPSA) is 81.2 Å². The first kappa shape index (κ1) is 16.4. The minimum absolute atomic E-state index is 0.0287. The van der Waals surface area contributed by atoms with E-state index in [1.165, 1.54) is 15.6 Å². The number of carbonyl (C=O) groups is 1.